The molecule has 136 valence electrons. The number of ether oxygens (including phenoxy) is 2. The number of hydrogen-bond donors (Lipinski definition) is 3. The van der Waals surface area contributed by atoms with Crippen LogP contribution >= 0.6 is 0 Å². The average Bonchev–Trinajstić information content (AvgIpc) is 2.65. The zero-order valence-electron chi connectivity index (χ0n) is 14.4. The molecule has 26 heavy (non-hydrogen) atoms. The number of methoxy groups -OCH3 is 1. The van der Waals surface area contributed by atoms with Crippen molar-refractivity contribution >= 4 is 23.7 Å². The second-order valence-corrected chi connectivity index (χ2v) is 5.04. The Kier molecular flexibility index (Phi) is 6.55. The maximum Gasteiger partial charge on any atom is 0.329 e. The molecular weight excluding hydrogens is 338 g/mol. The molecule has 0 spiro atoms. The van der Waals surface area contributed by atoms with E-state index in [4.69, 9.17) is 9.47 Å². The monoisotopic (exact) mass is 357 g/mol. The van der Waals surface area contributed by atoms with Crippen molar-refractivity contribution < 1.29 is 24.2 Å². The van der Waals surface area contributed by atoms with Crippen molar-refractivity contribution in [3.63, 3.8) is 0 Å². The third-order valence-electron chi connectivity index (χ3n) is 3.22. The van der Waals surface area contributed by atoms with E-state index in [2.05, 4.69) is 15.8 Å². The van der Waals surface area contributed by atoms with E-state index in [1.54, 1.807) is 43.3 Å². The van der Waals surface area contributed by atoms with Crippen molar-refractivity contribution in [1.29, 1.82) is 0 Å². The van der Waals surface area contributed by atoms with Gasteiger partial charge in [0.25, 0.3) is 0 Å². The van der Waals surface area contributed by atoms with Crippen molar-refractivity contribution in [1.82, 2.24) is 5.43 Å². The highest BCUT2D eigenvalue weighted by atomic mass is 16.5. The number of anilines is 1. The molecule has 8 heteroatoms. The molecule has 0 heterocycles. The Morgan fingerprint density at radius 2 is 1.88 bits per heavy atom. The molecule has 0 radical (unpaired) electrons. The Balaban J connectivity index is 1.91. The molecule has 0 aliphatic carbocycles. The fraction of sp³-hybridized carbons (Fsp3) is 0.167. The van der Waals surface area contributed by atoms with Crippen LogP contribution in [-0.4, -0.2) is 36.9 Å². The summed E-state index contributed by atoms with van der Waals surface area (Å²) in [5.41, 5.74) is 3.17. The Hall–Kier alpha value is -3.55. The predicted molar refractivity (Wildman–Crippen MR) is 96.6 cm³/mol. The summed E-state index contributed by atoms with van der Waals surface area (Å²) in [7, 11) is 1.53. The van der Waals surface area contributed by atoms with Crippen LogP contribution in [0, 0.1) is 0 Å². The molecule has 2 aromatic rings. The molecule has 0 bridgehead atoms. The molecule has 8 nitrogen and oxygen atoms in total. The number of nitrogens with one attached hydrogen (secondary N) is 2. The lowest BCUT2D eigenvalue weighted by Gasteiger charge is -2.06. The summed E-state index contributed by atoms with van der Waals surface area (Å²) >= 11 is 0. The van der Waals surface area contributed by atoms with Gasteiger partial charge in [-0.25, -0.2) is 5.43 Å². The third-order valence-corrected chi connectivity index (χ3v) is 3.22. The number of hydrazone groups is 1. The van der Waals surface area contributed by atoms with E-state index < -0.39 is 11.8 Å². The topological polar surface area (TPSA) is 109 Å². The molecule has 2 amide bonds. The van der Waals surface area contributed by atoms with E-state index in [0.717, 1.165) is 0 Å². The number of amides is 2. The van der Waals surface area contributed by atoms with E-state index in [1.807, 2.05) is 0 Å². The number of benzene rings is 2. The molecule has 2 rings (SSSR count). The average molecular weight is 357 g/mol. The Bertz CT molecular complexity index is 803. The van der Waals surface area contributed by atoms with E-state index in [0.29, 0.717) is 29.4 Å². The van der Waals surface area contributed by atoms with Gasteiger partial charge in [-0.3, -0.25) is 9.59 Å². The number of carbonyl (C=O) groups excluding carboxylic acids is 2. The molecule has 0 aromatic heterocycles. The predicted octanol–water partition coefficient (Wildman–Crippen LogP) is 1.89. The lowest BCUT2D eigenvalue weighted by molar-refractivity contribution is -0.136. The summed E-state index contributed by atoms with van der Waals surface area (Å²) in [6.07, 6.45) is 1.33. The molecule has 0 saturated heterocycles. The highest BCUT2D eigenvalue weighted by Gasteiger charge is 2.12. The minimum atomic E-state index is -0.916. The first kappa shape index (κ1) is 18.8. The fourth-order valence-corrected chi connectivity index (χ4v) is 1.96. The zero-order chi connectivity index (χ0) is 18.9. The first-order valence-corrected chi connectivity index (χ1v) is 7.77. The SMILES string of the molecule is CCOc1cc(/C=N\NC(=O)C(=O)Nc2ccc(OC)cc2)ccc1O. The second kappa shape index (κ2) is 9.07. The Morgan fingerprint density at radius 1 is 1.15 bits per heavy atom. The van der Waals surface area contributed by atoms with Crippen LogP contribution < -0.4 is 20.2 Å². The molecule has 3 N–H and O–H groups in total. The van der Waals surface area contributed by atoms with Crippen molar-refractivity contribution in [2.75, 3.05) is 19.0 Å². The van der Waals surface area contributed by atoms with Crippen LogP contribution in [0.3, 0.4) is 0 Å². The molecule has 0 aliphatic rings. The summed E-state index contributed by atoms with van der Waals surface area (Å²) in [4.78, 5) is 23.6. The summed E-state index contributed by atoms with van der Waals surface area (Å²) in [6, 6.07) is 11.1. The van der Waals surface area contributed by atoms with Crippen molar-refractivity contribution in [2.24, 2.45) is 5.10 Å². The number of aromatic hydroxyl groups is 1. The number of phenols is 1. The fourth-order valence-electron chi connectivity index (χ4n) is 1.96. The Morgan fingerprint density at radius 3 is 2.54 bits per heavy atom. The minimum Gasteiger partial charge on any atom is -0.504 e. The summed E-state index contributed by atoms with van der Waals surface area (Å²) in [6.45, 7) is 2.19. The Labute approximate surface area is 150 Å². The second-order valence-electron chi connectivity index (χ2n) is 5.04. The van der Waals surface area contributed by atoms with Crippen molar-refractivity contribution in [2.45, 2.75) is 6.92 Å². The van der Waals surface area contributed by atoms with Crippen LogP contribution in [0.4, 0.5) is 5.69 Å². The number of nitrogens with zero attached hydrogens (tertiary/aromatic N) is 1. The lowest BCUT2D eigenvalue weighted by atomic mass is 10.2. The zero-order valence-corrected chi connectivity index (χ0v) is 14.4. The smallest absolute Gasteiger partial charge is 0.329 e. The quantitative estimate of drug-likeness (QED) is 0.415. The van der Waals surface area contributed by atoms with Gasteiger partial charge in [0.1, 0.15) is 5.75 Å². The highest BCUT2D eigenvalue weighted by Crippen LogP contribution is 2.26. The first-order chi connectivity index (χ1) is 12.5. The van der Waals surface area contributed by atoms with Gasteiger partial charge in [0.15, 0.2) is 11.5 Å². The largest absolute Gasteiger partial charge is 0.504 e. The summed E-state index contributed by atoms with van der Waals surface area (Å²) in [5, 5.41) is 15.8. The number of carbonyl (C=O) groups is 2. The van der Waals surface area contributed by atoms with Crippen LogP contribution in [0.1, 0.15) is 12.5 Å². The van der Waals surface area contributed by atoms with Gasteiger partial charge in [-0.15, -0.1) is 0 Å². The van der Waals surface area contributed by atoms with Gasteiger partial charge in [0.05, 0.1) is 19.9 Å². The van der Waals surface area contributed by atoms with Gasteiger partial charge in [0.2, 0.25) is 0 Å². The van der Waals surface area contributed by atoms with Crippen LogP contribution in [0.5, 0.6) is 17.2 Å². The molecule has 2 aromatic carbocycles. The van der Waals surface area contributed by atoms with Gasteiger partial charge in [0, 0.05) is 5.69 Å². The van der Waals surface area contributed by atoms with Crippen molar-refractivity contribution in [3.8, 4) is 17.2 Å². The normalized spacial score (nSPS) is 10.4. The van der Waals surface area contributed by atoms with E-state index in [1.165, 1.54) is 19.4 Å². The first-order valence-electron chi connectivity index (χ1n) is 7.77. The van der Waals surface area contributed by atoms with Gasteiger partial charge < -0.3 is 19.9 Å². The standard InChI is InChI=1S/C18H19N3O5/c1-3-26-16-10-12(4-9-15(16)22)11-19-21-18(24)17(23)20-13-5-7-14(25-2)8-6-13/h4-11,22H,3H2,1-2H3,(H,20,23)(H,21,24)/b19-11-. The van der Waals surface area contributed by atoms with E-state index >= 15 is 0 Å². The van der Waals surface area contributed by atoms with Crippen LogP contribution in [-0.2, 0) is 9.59 Å². The molecule has 0 atom stereocenters. The summed E-state index contributed by atoms with van der Waals surface area (Å²) < 4.78 is 10.3. The maximum atomic E-state index is 11.8. The number of phenolic OH excluding ortho intramolecular Hbond substituents is 1. The minimum absolute atomic E-state index is 0.00639. The molecule has 0 fully saturated rings. The van der Waals surface area contributed by atoms with Gasteiger partial charge in [-0.05, 0) is 55.0 Å². The van der Waals surface area contributed by atoms with Crippen molar-refractivity contribution in [3.05, 3.63) is 48.0 Å². The van der Waals surface area contributed by atoms with Gasteiger partial charge in [-0.2, -0.15) is 5.10 Å². The molecule has 0 unspecified atom stereocenters. The maximum absolute atomic E-state index is 11.8. The van der Waals surface area contributed by atoms with Gasteiger partial charge >= 0.3 is 11.8 Å². The van der Waals surface area contributed by atoms with Crippen LogP contribution in [0.25, 0.3) is 0 Å². The van der Waals surface area contributed by atoms with E-state index in [9.17, 15) is 14.7 Å². The van der Waals surface area contributed by atoms with Crippen LogP contribution in [0.15, 0.2) is 47.6 Å². The highest BCUT2D eigenvalue weighted by molar-refractivity contribution is 6.39. The number of hydrogen-bond acceptors (Lipinski definition) is 6. The third kappa shape index (κ3) is 5.23. The molecule has 0 saturated carbocycles. The van der Waals surface area contributed by atoms with E-state index in [-0.39, 0.29) is 5.75 Å². The van der Waals surface area contributed by atoms with Gasteiger partial charge in [-0.1, -0.05) is 0 Å². The summed E-state index contributed by atoms with van der Waals surface area (Å²) in [5.74, 6) is -0.821. The molecular formula is C18H19N3O5. The van der Waals surface area contributed by atoms with Crippen LogP contribution in [0.2, 0.25) is 0 Å². The lowest BCUT2D eigenvalue weighted by Crippen LogP contribution is -2.32. The molecule has 0 aliphatic heterocycles. The number of rotatable bonds is 6.